The second kappa shape index (κ2) is 10.1. The second-order valence-corrected chi connectivity index (χ2v) is 7.33. The molecule has 0 radical (unpaired) electrons. The van der Waals surface area contributed by atoms with E-state index in [2.05, 4.69) is 4.98 Å². The number of carboxylic acid groups (broad SMARTS) is 1. The molecule has 0 unspecified atom stereocenters. The van der Waals surface area contributed by atoms with Crippen LogP contribution in [-0.4, -0.2) is 22.7 Å². The third kappa shape index (κ3) is 5.81. The number of pyridine rings is 1. The Kier molecular flexibility index (Phi) is 7.23. The molecule has 0 saturated carbocycles. The van der Waals surface area contributed by atoms with Crippen LogP contribution in [0.25, 0.3) is 11.3 Å². The molecule has 0 fully saturated rings. The zero-order valence-corrected chi connectivity index (χ0v) is 17.9. The van der Waals surface area contributed by atoms with Gasteiger partial charge in [-0.2, -0.15) is 0 Å². The number of hydrogen-bond acceptors (Lipinski definition) is 4. The maximum Gasteiger partial charge on any atom is 0.303 e. The number of rotatable bonds is 9. The van der Waals surface area contributed by atoms with Crippen LogP contribution in [0.3, 0.4) is 0 Å². The van der Waals surface area contributed by atoms with Crippen LogP contribution in [0.15, 0.2) is 48.5 Å². The first-order valence-corrected chi connectivity index (χ1v) is 10.2. The van der Waals surface area contributed by atoms with Crippen LogP contribution in [0.1, 0.15) is 35.6 Å². The van der Waals surface area contributed by atoms with Crippen molar-refractivity contribution in [3.63, 3.8) is 0 Å². The number of hydrogen-bond donors (Lipinski definition) is 1. The molecular weight excluding hydrogens is 397 g/mol. The molecule has 1 aromatic heterocycles. The van der Waals surface area contributed by atoms with E-state index in [1.54, 1.807) is 18.2 Å². The van der Waals surface area contributed by atoms with Gasteiger partial charge in [-0.05, 0) is 73.7 Å². The fourth-order valence-electron chi connectivity index (χ4n) is 3.49. The van der Waals surface area contributed by atoms with Gasteiger partial charge in [0, 0.05) is 18.1 Å². The van der Waals surface area contributed by atoms with Crippen LogP contribution in [0.4, 0.5) is 4.39 Å². The lowest BCUT2D eigenvalue weighted by Gasteiger charge is -2.14. The highest BCUT2D eigenvalue weighted by molar-refractivity contribution is 5.69. The Hall–Kier alpha value is -3.41. The van der Waals surface area contributed by atoms with Gasteiger partial charge < -0.3 is 14.6 Å². The lowest BCUT2D eigenvalue weighted by molar-refractivity contribution is -0.136. The molecule has 3 rings (SSSR count). The van der Waals surface area contributed by atoms with Gasteiger partial charge in [-0.25, -0.2) is 9.37 Å². The van der Waals surface area contributed by atoms with E-state index in [0.29, 0.717) is 23.6 Å². The number of benzene rings is 2. The third-order valence-electron chi connectivity index (χ3n) is 4.91. The van der Waals surface area contributed by atoms with Crippen molar-refractivity contribution < 1.29 is 23.8 Å². The van der Waals surface area contributed by atoms with Gasteiger partial charge >= 0.3 is 5.97 Å². The quantitative estimate of drug-likeness (QED) is 0.492. The highest BCUT2D eigenvalue weighted by Gasteiger charge is 2.11. The van der Waals surface area contributed by atoms with E-state index in [1.807, 2.05) is 45.0 Å². The van der Waals surface area contributed by atoms with Gasteiger partial charge in [-0.3, -0.25) is 4.79 Å². The lowest BCUT2D eigenvalue weighted by Crippen LogP contribution is -2.02. The number of aliphatic carboxylic acids is 1. The largest absolute Gasteiger partial charge is 0.494 e. The first-order chi connectivity index (χ1) is 14.9. The molecule has 5 nitrogen and oxygen atoms in total. The summed E-state index contributed by atoms with van der Waals surface area (Å²) in [5, 5.41) is 8.75. The minimum Gasteiger partial charge on any atom is -0.494 e. The first kappa shape index (κ1) is 22.3. The Bertz CT molecular complexity index is 1060. The molecule has 1 N–H and O–H groups in total. The van der Waals surface area contributed by atoms with Crippen molar-refractivity contribution in [2.24, 2.45) is 0 Å². The van der Waals surface area contributed by atoms with Crippen molar-refractivity contribution in [2.75, 3.05) is 6.61 Å². The summed E-state index contributed by atoms with van der Waals surface area (Å²) in [4.78, 5) is 15.3. The van der Waals surface area contributed by atoms with Crippen LogP contribution in [-0.2, 0) is 17.8 Å². The predicted molar refractivity (Wildman–Crippen MR) is 117 cm³/mol. The Morgan fingerprint density at radius 3 is 2.45 bits per heavy atom. The number of carboxylic acids is 1. The van der Waals surface area contributed by atoms with E-state index in [-0.39, 0.29) is 19.4 Å². The van der Waals surface area contributed by atoms with Crippen molar-refractivity contribution in [3.8, 4) is 22.9 Å². The normalized spacial score (nSPS) is 10.7. The summed E-state index contributed by atoms with van der Waals surface area (Å²) in [5.41, 5.74) is 4.98. The predicted octanol–water partition coefficient (Wildman–Crippen LogP) is 5.50. The summed E-state index contributed by atoms with van der Waals surface area (Å²) < 4.78 is 25.6. The highest BCUT2D eigenvalue weighted by atomic mass is 19.1. The van der Waals surface area contributed by atoms with Crippen molar-refractivity contribution in [1.29, 1.82) is 0 Å². The molecule has 0 aliphatic heterocycles. The number of halogens is 1. The average Bonchev–Trinajstić information content (AvgIpc) is 2.71. The minimum absolute atomic E-state index is 0.103. The molecule has 162 valence electrons. The Morgan fingerprint density at radius 2 is 1.81 bits per heavy atom. The average molecular weight is 423 g/mol. The molecule has 0 aliphatic rings. The third-order valence-corrected chi connectivity index (χ3v) is 4.91. The smallest absolute Gasteiger partial charge is 0.303 e. The van der Waals surface area contributed by atoms with Gasteiger partial charge in [0.1, 0.15) is 18.2 Å². The lowest BCUT2D eigenvalue weighted by atomic mass is 9.99. The summed E-state index contributed by atoms with van der Waals surface area (Å²) in [5.74, 6) is -0.0940. The molecule has 0 aliphatic carbocycles. The van der Waals surface area contributed by atoms with Crippen molar-refractivity contribution in [2.45, 2.75) is 40.2 Å². The standard InChI is InChI=1S/C25H26FNO4/c1-4-30-20-12-16(2)25(17(3)13-20)22-6-5-7-23(27-22)31-15-18-8-9-19(21(26)14-18)10-11-24(28)29/h5-9,12-14H,4,10-11,15H2,1-3H3,(H,28,29). The van der Waals surface area contributed by atoms with Crippen molar-refractivity contribution >= 4 is 5.97 Å². The second-order valence-electron chi connectivity index (χ2n) is 7.33. The Balaban J connectivity index is 1.73. The van der Waals surface area contributed by atoms with Gasteiger partial charge in [0.15, 0.2) is 0 Å². The van der Waals surface area contributed by atoms with E-state index in [0.717, 1.165) is 28.1 Å². The van der Waals surface area contributed by atoms with Crippen LogP contribution in [0.2, 0.25) is 0 Å². The Labute approximate surface area is 181 Å². The van der Waals surface area contributed by atoms with Gasteiger partial charge in [-0.1, -0.05) is 18.2 Å². The fraction of sp³-hybridized carbons (Fsp3) is 0.280. The molecular formula is C25H26FNO4. The van der Waals surface area contributed by atoms with Crippen LogP contribution in [0, 0.1) is 19.7 Å². The number of ether oxygens (including phenoxy) is 2. The molecule has 0 saturated heterocycles. The summed E-state index contributed by atoms with van der Waals surface area (Å²) in [6.07, 6.45) is 0.0561. The monoisotopic (exact) mass is 423 g/mol. The molecule has 0 amide bonds. The molecule has 3 aromatic rings. The summed E-state index contributed by atoms with van der Waals surface area (Å²) in [6.45, 7) is 6.77. The summed E-state index contributed by atoms with van der Waals surface area (Å²) in [7, 11) is 0. The zero-order valence-electron chi connectivity index (χ0n) is 17.9. The SMILES string of the molecule is CCOc1cc(C)c(-c2cccc(OCc3ccc(CCC(=O)O)c(F)c3)n2)c(C)c1. The molecule has 6 heteroatoms. The van der Waals surface area contributed by atoms with Gasteiger partial charge in [-0.15, -0.1) is 0 Å². The molecule has 0 atom stereocenters. The fourth-order valence-corrected chi connectivity index (χ4v) is 3.49. The van der Waals surface area contributed by atoms with Crippen LogP contribution in [0.5, 0.6) is 11.6 Å². The van der Waals surface area contributed by atoms with Gasteiger partial charge in [0.2, 0.25) is 5.88 Å². The molecule has 1 heterocycles. The van der Waals surface area contributed by atoms with E-state index in [4.69, 9.17) is 14.6 Å². The topological polar surface area (TPSA) is 68.7 Å². The van der Waals surface area contributed by atoms with Crippen LogP contribution < -0.4 is 9.47 Å². The van der Waals surface area contributed by atoms with E-state index in [1.165, 1.54) is 6.07 Å². The maximum atomic E-state index is 14.2. The first-order valence-electron chi connectivity index (χ1n) is 10.2. The minimum atomic E-state index is -0.948. The van der Waals surface area contributed by atoms with Gasteiger partial charge in [0.05, 0.1) is 12.3 Å². The number of carbonyl (C=O) groups is 1. The van der Waals surface area contributed by atoms with Gasteiger partial charge in [0.25, 0.3) is 0 Å². The van der Waals surface area contributed by atoms with E-state index >= 15 is 0 Å². The van der Waals surface area contributed by atoms with E-state index in [9.17, 15) is 9.18 Å². The number of nitrogens with zero attached hydrogens (tertiary/aromatic N) is 1. The maximum absolute atomic E-state index is 14.2. The number of aromatic nitrogens is 1. The summed E-state index contributed by atoms with van der Waals surface area (Å²) >= 11 is 0. The molecule has 0 spiro atoms. The molecule has 31 heavy (non-hydrogen) atoms. The summed E-state index contributed by atoms with van der Waals surface area (Å²) in [6, 6.07) is 14.3. The number of aryl methyl sites for hydroxylation is 3. The molecule has 2 aromatic carbocycles. The zero-order chi connectivity index (χ0) is 22.4. The van der Waals surface area contributed by atoms with Crippen LogP contribution >= 0.6 is 0 Å². The van der Waals surface area contributed by atoms with Crippen molar-refractivity contribution in [1.82, 2.24) is 4.98 Å². The molecule has 0 bridgehead atoms. The van der Waals surface area contributed by atoms with Crippen molar-refractivity contribution in [3.05, 3.63) is 76.6 Å². The van der Waals surface area contributed by atoms with E-state index < -0.39 is 11.8 Å². The highest BCUT2D eigenvalue weighted by Crippen LogP contribution is 2.31. The Morgan fingerprint density at radius 1 is 1.06 bits per heavy atom.